The number of aliphatic hydroxyl groups is 4. The summed E-state index contributed by atoms with van der Waals surface area (Å²) in [4.78, 5) is 29.0. The molecule has 13 saturated heterocycles. The average molecular weight is 1660 g/mol. The second-order valence-corrected chi connectivity index (χ2v) is 41.8. The molecule has 29 heteroatoms. The lowest BCUT2D eigenvalue weighted by molar-refractivity contribution is -0.242. The second-order valence-electron chi connectivity index (χ2n) is 37.0. The number of aliphatic hydroxyl groups excluding tert-OH is 4. The van der Waals surface area contributed by atoms with E-state index in [4.69, 9.17) is 123 Å². The molecule has 3 spiro atoms. The molecule has 28 nitrogen and oxygen atoms in total. The van der Waals surface area contributed by atoms with Gasteiger partial charge in [-0.05, 0) is 120 Å². The van der Waals surface area contributed by atoms with E-state index in [0.717, 1.165) is 120 Å². The molecule has 30 atom stereocenters. The molecule has 4 N–H and O–H groups in total. The van der Waals surface area contributed by atoms with Crippen LogP contribution in [-0.2, 0) is 91.6 Å². The maximum Gasteiger partial charge on any atom is 0.303 e. The van der Waals surface area contributed by atoms with Gasteiger partial charge >= 0.3 is 5.97 Å². The number of hydrogen-bond donors (Lipinski definition) is 4. The Morgan fingerprint density at radius 3 is 1.56 bits per heavy atom. The van der Waals surface area contributed by atoms with E-state index in [2.05, 4.69) is 58.1 Å². The molecule has 5 unspecified atom stereocenters. The number of carbonyl (C=O) groups is 1. The number of nitrogens with zero attached hydrogens (tertiary/aromatic N) is 5. The zero-order chi connectivity index (χ0) is 83.8. The van der Waals surface area contributed by atoms with E-state index in [1.807, 2.05) is 84.9 Å². The van der Waals surface area contributed by atoms with E-state index in [0.29, 0.717) is 52.3 Å². The largest absolute Gasteiger partial charge is 0.497 e. The van der Waals surface area contributed by atoms with E-state index >= 15 is 0 Å². The van der Waals surface area contributed by atoms with Crippen LogP contribution >= 0.6 is 0 Å². The fourth-order valence-electron chi connectivity index (χ4n) is 19.0. The van der Waals surface area contributed by atoms with Gasteiger partial charge in [0, 0.05) is 106 Å². The molecule has 15 rings (SSSR count). The third-order valence-electron chi connectivity index (χ3n) is 26.4. The molecule has 117 heavy (non-hydrogen) atoms. The normalized spacial score (nSPS) is 39.7. The van der Waals surface area contributed by atoms with E-state index in [1.54, 1.807) is 7.11 Å². The third kappa shape index (κ3) is 22.7. The highest BCUT2D eigenvalue weighted by Crippen LogP contribution is 2.53. The van der Waals surface area contributed by atoms with E-state index in [1.165, 1.54) is 6.92 Å². The number of fused-ring (bicyclic) bond motifs is 5. The Hall–Kier alpha value is -4.90. The van der Waals surface area contributed by atoms with Crippen molar-refractivity contribution in [1.82, 2.24) is 0 Å². The van der Waals surface area contributed by atoms with Gasteiger partial charge in [-0.3, -0.25) is 4.79 Å². The van der Waals surface area contributed by atoms with Gasteiger partial charge < -0.3 is 130 Å². The Bertz CT molecular complexity index is 3640. The van der Waals surface area contributed by atoms with Crippen LogP contribution in [0.4, 0.5) is 0 Å². The zero-order valence-electron chi connectivity index (χ0n) is 70.8. The van der Waals surface area contributed by atoms with E-state index < -0.39 is 43.8 Å². The molecule has 0 saturated carbocycles. The van der Waals surface area contributed by atoms with Crippen molar-refractivity contribution in [3.63, 3.8) is 0 Å². The summed E-state index contributed by atoms with van der Waals surface area (Å²) in [6, 6.07) is 7.67. The van der Waals surface area contributed by atoms with Crippen LogP contribution in [0, 0.1) is 32.9 Å². The molecule has 14 aliphatic rings. The van der Waals surface area contributed by atoms with Crippen molar-refractivity contribution in [2.24, 2.45) is 0 Å². The minimum Gasteiger partial charge on any atom is -0.497 e. The zero-order valence-corrected chi connectivity index (χ0v) is 71.8. The number of benzene rings is 1. The number of rotatable bonds is 22. The summed E-state index contributed by atoms with van der Waals surface area (Å²) in [5, 5.41) is 38.2. The molecule has 0 aromatic heterocycles. The first-order valence-corrected chi connectivity index (χ1v) is 45.4. The Morgan fingerprint density at radius 1 is 0.581 bits per heavy atom. The van der Waals surface area contributed by atoms with Gasteiger partial charge in [0.15, 0.2) is 26.7 Å². The summed E-state index contributed by atoms with van der Waals surface area (Å²) in [6.45, 7) is 63.8. The van der Waals surface area contributed by atoms with Crippen LogP contribution in [0.15, 0.2) is 36.4 Å². The first-order chi connectivity index (χ1) is 55.1. The van der Waals surface area contributed by atoms with Crippen molar-refractivity contribution in [3.05, 3.63) is 99.1 Å². The second kappa shape index (κ2) is 40.2. The Balaban J connectivity index is 0.000000156. The lowest BCUT2D eigenvalue weighted by Gasteiger charge is -2.45. The highest BCUT2D eigenvalue weighted by Gasteiger charge is 2.63. The maximum atomic E-state index is 11.1. The van der Waals surface area contributed by atoms with Crippen molar-refractivity contribution in [1.29, 1.82) is 0 Å². The number of methoxy groups -OCH3 is 1. The van der Waals surface area contributed by atoms with Gasteiger partial charge in [-0.25, -0.2) is 32.9 Å². The lowest BCUT2D eigenvalue weighted by atomic mass is 9.82. The monoisotopic (exact) mass is 1660 g/mol. The fraction of sp³-hybridized carbons (Fsp3) is 0.841. The van der Waals surface area contributed by atoms with Gasteiger partial charge in [0.05, 0.1) is 127 Å². The first-order valence-electron chi connectivity index (χ1n) is 42.5. The van der Waals surface area contributed by atoms with Crippen molar-refractivity contribution in [2.75, 3.05) is 46.8 Å². The Labute approximate surface area is 696 Å². The summed E-state index contributed by atoms with van der Waals surface area (Å²) in [6.07, 6.45) is 16.7. The summed E-state index contributed by atoms with van der Waals surface area (Å²) in [7, 11) is -0.276. The van der Waals surface area contributed by atoms with Crippen LogP contribution in [0.5, 0.6) is 5.75 Å². The molecule has 1 aromatic rings. The van der Waals surface area contributed by atoms with Gasteiger partial charge in [-0.1, -0.05) is 46.4 Å². The Kier molecular flexibility index (Phi) is 32.4. The van der Waals surface area contributed by atoms with E-state index in [9.17, 15) is 20.1 Å². The molecule has 13 heterocycles. The summed E-state index contributed by atoms with van der Waals surface area (Å²) < 4.78 is 108. The van der Waals surface area contributed by atoms with Crippen molar-refractivity contribution < 1.29 is 110 Å². The molecule has 1 aliphatic carbocycles. The molecule has 13 fully saturated rings. The van der Waals surface area contributed by atoms with Crippen molar-refractivity contribution >= 4 is 14.3 Å². The van der Waals surface area contributed by atoms with Crippen LogP contribution in [0.1, 0.15) is 218 Å². The minimum absolute atomic E-state index is 0. The molecular weight excluding hydrogens is 1520 g/mol. The van der Waals surface area contributed by atoms with Crippen LogP contribution in [0.2, 0.25) is 18.1 Å². The van der Waals surface area contributed by atoms with Crippen LogP contribution in [0.3, 0.4) is 0 Å². The summed E-state index contributed by atoms with van der Waals surface area (Å²) in [5.41, 5.74) is -1.33. The van der Waals surface area contributed by atoms with Crippen molar-refractivity contribution in [2.45, 2.75) is 423 Å². The molecular formula is C88H135N5O23Si. The number of esters is 1. The predicted molar refractivity (Wildman–Crippen MR) is 433 cm³/mol. The smallest absolute Gasteiger partial charge is 0.303 e. The number of ether oxygens (including phenoxy) is 17. The third-order valence-corrected chi connectivity index (χ3v) is 30.9. The first kappa shape index (κ1) is 94.3. The number of carbonyl (C=O) groups excluding carboxylic acids is 1. The topological polar surface area (TPSA) is 286 Å². The molecule has 654 valence electrons. The molecule has 6 bridgehead atoms. The summed E-state index contributed by atoms with van der Waals surface area (Å²) >= 11 is 0. The molecule has 0 radical (unpaired) electrons. The molecule has 0 amide bonds. The number of hydrogen-bond acceptors (Lipinski definition) is 23. The maximum absolute atomic E-state index is 11.1. The highest BCUT2D eigenvalue weighted by molar-refractivity contribution is 6.74. The molecule has 13 aliphatic heterocycles. The minimum atomic E-state index is -1.93. The van der Waals surface area contributed by atoms with E-state index in [-0.39, 0.29) is 183 Å². The van der Waals surface area contributed by atoms with Gasteiger partial charge in [0.1, 0.15) is 70.4 Å². The standard InChI is InChI=1S/C23H41NO5Si.C21H27NO5.C16H21NO4.C14H23NO5.C13H19NO4.CH4/c1-16(24-7)12-17-10-11-20-23(28-17,15-26-30(8,9)21(2,3)4)13-18(27-20)19-14-25-22(5,6)29-19;1-14(22-2)10-17-8-9-19-21(27-17)11-18(26-19)20(25-13-21)24-12-15-4-6-16(23-3)7-5-15;1-10(17-3)8-12-4-5-15-16(21-12)7-6-13(19-11(2)18)14(9-16)20-15;1-9(15-2)5-10-3-4-13-14(8-17,20-10)6-12(19-13)11(18)7-16;1-8(14-2)5-9-3-4-11-13(18-9)6-10(17-11)12(15)16-7-13;/h16-20H,10-15H2,1-6,8-9H3;4-7,14,17-20H,8-13H2,1,3H3;6-7,10,12-15H,4-5,8-9H2,1-2H3;9-13,16-18H,3-8H2,1H3;8-12,15H,3-7H2,1H3;1H4/t16-,17?,18-,19-,20+,23-;14-,17?,18-,19+,20-,21-;10-,12?,13-,14-,15+,16+;9-,10?,11-,12-,13+,14-;8-,9?,10-,11+,12-,13-;/m11111./s1. The van der Waals surface area contributed by atoms with Crippen LogP contribution < -0.4 is 4.74 Å². The van der Waals surface area contributed by atoms with Gasteiger partial charge in [-0.2, -0.15) is 0 Å². The fourth-order valence-corrected chi connectivity index (χ4v) is 20.0. The predicted octanol–water partition coefficient (Wildman–Crippen LogP) is 12.4. The van der Waals surface area contributed by atoms with Crippen LogP contribution in [0.25, 0.3) is 24.2 Å². The highest BCUT2D eigenvalue weighted by atomic mass is 28.4. The summed E-state index contributed by atoms with van der Waals surface area (Å²) in [5.74, 6) is -0.0260. The Morgan fingerprint density at radius 2 is 1.06 bits per heavy atom. The van der Waals surface area contributed by atoms with Crippen LogP contribution in [-0.4, -0.2) is 268 Å². The SMILES string of the molecule is C.[C-]#[N+][C@H](C)CC1CC[C@@H]2O[C@@H]([C@H](O)CO)C[C@]2(CO)O1.[C-]#[N+][C@H](C)CC1CC[C@@H]2O[C@@H]([C@H]3COC(C)(C)O3)C[C@]2(CO[Si](C)(C)C(C)(C)C)O1.[C-]#[N+][C@H](C)CC1CC[C@@H]2O[C@@H]3C[C@]2(C=C[C@H]3OC(C)=O)O1.[C-]#[N+][C@H](C)CC1CC[C@@H]2O[C@@H]3C[C@]2(CO[C@H]3O)O1.[C-]#[N+][C@H](C)CC1CC[C@@H]2O[C@@H]3C[C@]2(CO[C@H]3OCc2ccc(OC)cc2)O1. The molecule has 1 aromatic carbocycles. The van der Waals surface area contributed by atoms with Gasteiger partial charge in [-0.15, -0.1) is 0 Å². The van der Waals surface area contributed by atoms with Gasteiger partial charge in [0.2, 0.25) is 30.2 Å². The quantitative estimate of drug-likeness (QED) is 0.0363. The average Bonchev–Trinajstić information content (AvgIpc) is 1.62. The van der Waals surface area contributed by atoms with Gasteiger partial charge in [0.25, 0.3) is 0 Å². The van der Waals surface area contributed by atoms with Crippen molar-refractivity contribution in [3.8, 4) is 5.75 Å². The lowest BCUT2D eigenvalue weighted by Crippen LogP contribution is -2.55.